The zero-order valence-corrected chi connectivity index (χ0v) is 28.6. The molecule has 3 aliphatic heterocycles. The van der Waals surface area contributed by atoms with Crippen molar-refractivity contribution in [1.29, 1.82) is 0 Å². The van der Waals surface area contributed by atoms with Gasteiger partial charge in [0.25, 0.3) is 6.71 Å². The SMILES string of the molecule is [2H]c1c([2H])c2c3c(c1[2H])-n1c4c([2H])c([2H])c([2H])c([2H])c4c4c([2H])c([2H])c([2H])c(c41)N3c1c([2H])c(C)c([2H])c3c1B2c1c([2H])c(C(C)(C)C)c([2H])c([2H])c1N3c1c([2H])c([2H])c2sc3c([2H])c([2H])c([2H])c([2H])c3c2c1[2H]. The van der Waals surface area contributed by atoms with Gasteiger partial charge in [0, 0.05) is 53.7 Å². The van der Waals surface area contributed by atoms with E-state index in [2.05, 4.69) is 0 Å². The lowest BCUT2D eigenvalue weighted by Crippen LogP contribution is -2.62. The van der Waals surface area contributed by atoms with Gasteiger partial charge in [0.05, 0.1) is 58.3 Å². The molecule has 246 valence electrons. The highest BCUT2D eigenvalue weighted by Crippen LogP contribution is 2.52. The van der Waals surface area contributed by atoms with E-state index in [1.165, 1.54) is 16.4 Å². The van der Waals surface area contributed by atoms with Crippen molar-refractivity contribution < 1.29 is 30.2 Å². The van der Waals surface area contributed by atoms with Crippen LogP contribution in [0, 0.1) is 6.92 Å². The van der Waals surface area contributed by atoms with Crippen LogP contribution in [-0.4, -0.2) is 11.3 Å². The molecule has 0 atom stereocenters. The molecular formula is C47H34BN3S. The molecular weight excluding hydrogens is 649 g/mol. The number of hydrogen-bond donors (Lipinski definition) is 0. The summed E-state index contributed by atoms with van der Waals surface area (Å²) in [5, 5.41) is -0.765. The Bertz CT molecular complexity index is 4310. The van der Waals surface area contributed by atoms with Crippen molar-refractivity contribution >= 4 is 111 Å². The summed E-state index contributed by atoms with van der Waals surface area (Å²) in [4.78, 5) is 2.42. The molecule has 2 aromatic heterocycles. The van der Waals surface area contributed by atoms with Crippen LogP contribution in [0.1, 0.15) is 62.1 Å². The van der Waals surface area contributed by atoms with E-state index in [1.807, 2.05) is 0 Å². The van der Waals surface area contributed by atoms with Crippen LogP contribution in [0.25, 0.3) is 47.7 Å². The Morgan fingerprint density at radius 3 is 2.17 bits per heavy atom. The van der Waals surface area contributed by atoms with Gasteiger partial charge in [-0.3, -0.25) is 0 Å². The molecule has 0 spiro atoms. The number of anilines is 6. The lowest BCUT2D eigenvalue weighted by molar-refractivity contribution is 0.591. The molecule has 9 aromatic rings. The fourth-order valence-corrected chi connectivity index (χ4v) is 8.80. The predicted molar refractivity (Wildman–Crippen MR) is 225 cm³/mol. The molecule has 12 rings (SSSR count). The van der Waals surface area contributed by atoms with E-state index in [4.69, 9.17) is 9.60 Å². The molecule has 0 unspecified atom stereocenters. The highest BCUT2D eigenvalue weighted by molar-refractivity contribution is 7.25. The smallest absolute Gasteiger partial charge is 0.252 e. The first-order valence-electron chi connectivity index (χ1n) is 27.5. The number of hydrogen-bond acceptors (Lipinski definition) is 3. The number of para-hydroxylation sites is 3. The summed E-state index contributed by atoms with van der Waals surface area (Å²) in [6.07, 6.45) is 0. The second kappa shape index (κ2) is 9.75. The quantitative estimate of drug-likeness (QED) is 0.158. The number of nitrogens with zero attached hydrogens (tertiary/aromatic N) is 3. The van der Waals surface area contributed by atoms with E-state index in [0.717, 1.165) is 16.2 Å². The van der Waals surface area contributed by atoms with Crippen molar-refractivity contribution in [3.63, 3.8) is 0 Å². The zero-order chi connectivity index (χ0) is 53.8. The molecule has 3 aliphatic rings. The van der Waals surface area contributed by atoms with Crippen molar-refractivity contribution in [2.24, 2.45) is 0 Å². The Morgan fingerprint density at radius 1 is 0.577 bits per heavy atom. The highest BCUT2D eigenvalue weighted by atomic mass is 32.1. The molecule has 3 nitrogen and oxygen atoms in total. The summed E-state index contributed by atoms with van der Waals surface area (Å²) in [5.41, 5.74) is -4.14. The van der Waals surface area contributed by atoms with E-state index < -0.39 is 151 Å². The van der Waals surface area contributed by atoms with Gasteiger partial charge in [0.1, 0.15) is 0 Å². The Morgan fingerprint density at radius 2 is 1.31 bits per heavy atom. The maximum Gasteiger partial charge on any atom is 0.252 e. The lowest BCUT2D eigenvalue weighted by Gasteiger charge is -2.46. The van der Waals surface area contributed by atoms with Crippen LogP contribution in [-0.2, 0) is 5.41 Å². The molecule has 0 radical (unpaired) electrons. The monoisotopic (exact) mass is 705 g/mol. The molecule has 0 aliphatic carbocycles. The first-order chi connectivity index (χ1) is 34.6. The van der Waals surface area contributed by atoms with Crippen LogP contribution in [0.3, 0.4) is 0 Å². The van der Waals surface area contributed by atoms with Crippen LogP contribution in [0.4, 0.5) is 34.1 Å². The molecule has 0 saturated carbocycles. The standard InChI is InChI=1S/C47H34BN3S/c1-27-23-40-44-41(24-27)51-38-16-9-13-32-30-11-5-7-15-36(30)50(45(32)38)39-17-10-14-34(46(39)51)48(44)35-25-28(47(2,3)4)19-21-37(35)49(40)29-20-22-43-33(26-29)31-12-6-8-18-42(31)52-43/h5-26H,1-4H3/i5D,6D,7D,8D,9D,10D,11D,12D,13D,14D,15D,16D,17D,18D,19D,20D,21D,22D,23D,24D,25D,26D. The third kappa shape index (κ3) is 3.57. The van der Waals surface area contributed by atoms with Gasteiger partial charge in [-0.1, -0.05) is 93.3 Å². The number of benzene rings is 7. The normalized spacial score (nSPS) is 20.0. The van der Waals surface area contributed by atoms with Gasteiger partial charge < -0.3 is 14.4 Å². The van der Waals surface area contributed by atoms with Gasteiger partial charge in [-0.15, -0.1) is 11.3 Å². The number of aromatic nitrogens is 1. The zero-order valence-electron chi connectivity index (χ0n) is 49.8. The Labute approximate surface area is 338 Å². The molecule has 5 heteroatoms. The van der Waals surface area contributed by atoms with E-state index in [1.54, 1.807) is 20.8 Å². The van der Waals surface area contributed by atoms with E-state index in [-0.39, 0.29) is 104 Å². The molecule has 0 fully saturated rings. The summed E-state index contributed by atoms with van der Waals surface area (Å²) in [6.45, 7) is 4.94. The maximum absolute atomic E-state index is 10.2. The highest BCUT2D eigenvalue weighted by Gasteiger charge is 2.46. The molecule has 0 N–H and O–H groups in total. The minimum atomic E-state index is -1.59. The van der Waals surface area contributed by atoms with Gasteiger partial charge in [0.2, 0.25) is 0 Å². The first kappa shape index (κ1) is 15.1. The minimum Gasteiger partial charge on any atom is -0.311 e. The first-order valence-corrected chi connectivity index (χ1v) is 17.4. The fraction of sp³-hybridized carbons (Fsp3) is 0.106. The number of thiophene rings is 1. The molecule has 0 bridgehead atoms. The molecule has 5 heterocycles. The summed E-state index contributed by atoms with van der Waals surface area (Å²) >= 11 is 0.781. The van der Waals surface area contributed by atoms with E-state index >= 15 is 0 Å². The second-order valence-corrected chi connectivity index (χ2v) is 15.1. The third-order valence-corrected chi connectivity index (χ3v) is 11.1. The molecule has 0 saturated heterocycles. The van der Waals surface area contributed by atoms with Gasteiger partial charge in [-0.05, 0) is 100 Å². The summed E-state index contributed by atoms with van der Waals surface area (Å²) < 4.78 is 208. The summed E-state index contributed by atoms with van der Waals surface area (Å²) in [7, 11) is 0. The Kier molecular flexibility index (Phi) is 2.83. The summed E-state index contributed by atoms with van der Waals surface area (Å²) in [6, 6.07) is -12.9. The lowest BCUT2D eigenvalue weighted by atomic mass is 9.33. The van der Waals surface area contributed by atoms with Crippen molar-refractivity contribution in [2.75, 3.05) is 9.80 Å². The fourth-order valence-electron chi connectivity index (χ4n) is 7.88. The minimum absolute atomic E-state index is 0.00897. The topological polar surface area (TPSA) is 11.4 Å². The van der Waals surface area contributed by atoms with Gasteiger partial charge in [-0.25, -0.2) is 0 Å². The second-order valence-electron chi connectivity index (χ2n) is 14.1. The Hall–Kier alpha value is -5.78. The number of fused-ring (bicyclic) bond motifs is 12. The number of rotatable bonds is 1. The van der Waals surface area contributed by atoms with Crippen molar-refractivity contribution in [3.8, 4) is 5.69 Å². The van der Waals surface area contributed by atoms with Crippen molar-refractivity contribution in [1.82, 2.24) is 4.57 Å². The van der Waals surface area contributed by atoms with E-state index in [9.17, 15) is 20.6 Å². The molecule has 7 aromatic carbocycles. The molecule has 52 heavy (non-hydrogen) atoms. The van der Waals surface area contributed by atoms with Crippen molar-refractivity contribution in [2.45, 2.75) is 33.1 Å². The van der Waals surface area contributed by atoms with Crippen LogP contribution in [0.2, 0.25) is 0 Å². The third-order valence-electron chi connectivity index (χ3n) is 10.0. The van der Waals surface area contributed by atoms with Gasteiger partial charge in [-0.2, -0.15) is 0 Å². The van der Waals surface area contributed by atoms with Crippen molar-refractivity contribution in [3.05, 3.63) is 144 Å². The van der Waals surface area contributed by atoms with Crippen LogP contribution < -0.4 is 26.2 Å². The van der Waals surface area contributed by atoms with Crippen LogP contribution in [0.5, 0.6) is 0 Å². The molecule has 0 amide bonds. The largest absolute Gasteiger partial charge is 0.311 e. The van der Waals surface area contributed by atoms with Crippen LogP contribution >= 0.6 is 11.3 Å². The van der Waals surface area contributed by atoms with Gasteiger partial charge >= 0.3 is 0 Å². The maximum atomic E-state index is 10.2. The van der Waals surface area contributed by atoms with Gasteiger partial charge in [0.15, 0.2) is 0 Å². The average Bonchev–Trinajstić information content (AvgIpc) is 3.93. The Balaban J connectivity index is 1.37. The average molecular weight is 706 g/mol. The summed E-state index contributed by atoms with van der Waals surface area (Å²) in [5.74, 6) is 0. The predicted octanol–water partition coefficient (Wildman–Crippen LogP) is 11.2. The van der Waals surface area contributed by atoms with Crippen LogP contribution in [0.15, 0.2) is 133 Å². The van der Waals surface area contributed by atoms with E-state index in [0.29, 0.717) is 0 Å².